The predicted molar refractivity (Wildman–Crippen MR) is 78.1 cm³/mol. The van der Waals surface area contributed by atoms with Gasteiger partial charge < -0.3 is 10.4 Å². The van der Waals surface area contributed by atoms with E-state index in [1.807, 2.05) is 6.07 Å². The summed E-state index contributed by atoms with van der Waals surface area (Å²) in [7, 11) is 2.06. The normalized spacial score (nSPS) is 18.7. The highest BCUT2D eigenvalue weighted by molar-refractivity contribution is 5.14. The first-order valence-electron chi connectivity index (χ1n) is 7.07. The van der Waals surface area contributed by atoms with E-state index in [9.17, 15) is 5.11 Å². The van der Waals surface area contributed by atoms with Gasteiger partial charge in [0.05, 0.1) is 6.10 Å². The molecule has 4 heteroatoms. The number of aliphatic hydroxyl groups is 1. The van der Waals surface area contributed by atoms with Crippen molar-refractivity contribution >= 4 is 0 Å². The standard InChI is InChI=1S/C15H25N3O/c1-17(11-14-5-3-2-4-6-14)12-15(19)13-18-9-7-16-8-10-18/h2-6,15-16,19H,7-13H2,1H3. The lowest BCUT2D eigenvalue weighted by atomic mass is 10.2. The Bertz CT molecular complexity index is 352. The van der Waals surface area contributed by atoms with Crippen LogP contribution in [0.1, 0.15) is 5.56 Å². The van der Waals surface area contributed by atoms with Crippen LogP contribution in [0.5, 0.6) is 0 Å². The second-order valence-electron chi connectivity index (χ2n) is 5.39. The first-order chi connectivity index (χ1) is 9.24. The minimum Gasteiger partial charge on any atom is -0.390 e. The molecule has 19 heavy (non-hydrogen) atoms. The van der Waals surface area contributed by atoms with E-state index in [1.54, 1.807) is 0 Å². The van der Waals surface area contributed by atoms with E-state index in [0.29, 0.717) is 0 Å². The first kappa shape index (κ1) is 14.5. The fourth-order valence-corrected chi connectivity index (χ4v) is 2.57. The molecule has 1 aromatic carbocycles. The van der Waals surface area contributed by atoms with E-state index in [0.717, 1.165) is 45.8 Å². The van der Waals surface area contributed by atoms with Gasteiger partial charge in [-0.25, -0.2) is 0 Å². The van der Waals surface area contributed by atoms with Crippen molar-refractivity contribution in [2.45, 2.75) is 12.6 Å². The molecule has 1 saturated heterocycles. The van der Waals surface area contributed by atoms with Crippen molar-refractivity contribution in [2.75, 3.05) is 46.3 Å². The van der Waals surface area contributed by atoms with Gasteiger partial charge in [-0.15, -0.1) is 0 Å². The smallest absolute Gasteiger partial charge is 0.0793 e. The molecule has 0 bridgehead atoms. The Kier molecular flexibility index (Phi) is 5.79. The largest absolute Gasteiger partial charge is 0.390 e. The molecule has 0 amide bonds. The lowest BCUT2D eigenvalue weighted by molar-refractivity contribution is 0.0752. The molecule has 106 valence electrons. The summed E-state index contributed by atoms with van der Waals surface area (Å²) >= 11 is 0. The third kappa shape index (κ3) is 5.28. The van der Waals surface area contributed by atoms with E-state index < -0.39 is 0 Å². The van der Waals surface area contributed by atoms with Gasteiger partial charge in [0.2, 0.25) is 0 Å². The predicted octanol–water partition coefficient (Wildman–Crippen LogP) is 0.385. The van der Waals surface area contributed by atoms with E-state index >= 15 is 0 Å². The lowest BCUT2D eigenvalue weighted by Gasteiger charge is -2.30. The van der Waals surface area contributed by atoms with Gasteiger partial charge in [0.15, 0.2) is 0 Å². The van der Waals surface area contributed by atoms with Crippen molar-refractivity contribution in [2.24, 2.45) is 0 Å². The monoisotopic (exact) mass is 263 g/mol. The minimum absolute atomic E-state index is 0.271. The van der Waals surface area contributed by atoms with Crippen LogP contribution < -0.4 is 5.32 Å². The zero-order valence-electron chi connectivity index (χ0n) is 11.8. The second kappa shape index (κ2) is 7.60. The van der Waals surface area contributed by atoms with E-state index in [2.05, 4.69) is 46.4 Å². The van der Waals surface area contributed by atoms with E-state index in [-0.39, 0.29) is 6.10 Å². The topological polar surface area (TPSA) is 38.7 Å². The number of aliphatic hydroxyl groups excluding tert-OH is 1. The molecule has 2 rings (SSSR count). The maximum Gasteiger partial charge on any atom is 0.0793 e. The Hall–Kier alpha value is -0.940. The van der Waals surface area contributed by atoms with Gasteiger partial charge in [-0.3, -0.25) is 9.80 Å². The molecule has 1 unspecified atom stereocenters. The molecule has 1 aliphatic heterocycles. The zero-order valence-corrected chi connectivity index (χ0v) is 11.8. The van der Waals surface area contributed by atoms with Crippen LogP contribution in [0, 0.1) is 0 Å². The number of hydrogen-bond acceptors (Lipinski definition) is 4. The zero-order chi connectivity index (χ0) is 13.5. The van der Waals surface area contributed by atoms with Gasteiger partial charge in [-0.05, 0) is 12.6 Å². The quantitative estimate of drug-likeness (QED) is 0.778. The van der Waals surface area contributed by atoms with Crippen LogP contribution in [-0.2, 0) is 6.54 Å². The average molecular weight is 263 g/mol. The van der Waals surface area contributed by atoms with Crippen molar-refractivity contribution in [3.63, 3.8) is 0 Å². The third-order valence-corrected chi connectivity index (χ3v) is 3.50. The van der Waals surface area contributed by atoms with Crippen LogP contribution in [0.15, 0.2) is 30.3 Å². The molecule has 2 N–H and O–H groups in total. The Balaban J connectivity index is 1.70. The summed E-state index contributed by atoms with van der Waals surface area (Å²) in [5, 5.41) is 13.5. The second-order valence-corrected chi connectivity index (χ2v) is 5.39. The van der Waals surface area contributed by atoms with E-state index in [4.69, 9.17) is 0 Å². The molecule has 1 fully saturated rings. The molecule has 0 aromatic heterocycles. The van der Waals surface area contributed by atoms with Crippen LogP contribution in [0.4, 0.5) is 0 Å². The van der Waals surface area contributed by atoms with Crippen molar-refractivity contribution in [3.8, 4) is 0 Å². The van der Waals surface area contributed by atoms with Crippen LogP contribution in [-0.4, -0.2) is 67.3 Å². The highest BCUT2D eigenvalue weighted by atomic mass is 16.3. The molecule has 0 saturated carbocycles. The van der Waals surface area contributed by atoms with Crippen LogP contribution in [0.25, 0.3) is 0 Å². The molecule has 4 nitrogen and oxygen atoms in total. The summed E-state index contributed by atoms with van der Waals surface area (Å²) in [6.07, 6.45) is -0.271. The minimum atomic E-state index is -0.271. The first-order valence-corrected chi connectivity index (χ1v) is 7.07. The van der Waals surface area contributed by atoms with Gasteiger partial charge in [0.1, 0.15) is 0 Å². The fourth-order valence-electron chi connectivity index (χ4n) is 2.57. The highest BCUT2D eigenvalue weighted by Crippen LogP contribution is 2.04. The Labute approximate surface area is 116 Å². The van der Waals surface area contributed by atoms with Crippen LogP contribution in [0.3, 0.4) is 0 Å². The summed E-state index contributed by atoms with van der Waals surface area (Å²) in [5.41, 5.74) is 1.29. The number of nitrogens with zero attached hydrogens (tertiary/aromatic N) is 2. The Morgan fingerprint density at radius 2 is 1.95 bits per heavy atom. The highest BCUT2D eigenvalue weighted by Gasteiger charge is 2.15. The molecule has 1 aromatic rings. The van der Waals surface area contributed by atoms with Crippen molar-refractivity contribution < 1.29 is 5.11 Å². The van der Waals surface area contributed by atoms with Crippen molar-refractivity contribution in [1.29, 1.82) is 0 Å². The van der Waals surface area contributed by atoms with Crippen molar-refractivity contribution in [1.82, 2.24) is 15.1 Å². The van der Waals surface area contributed by atoms with Gasteiger partial charge >= 0.3 is 0 Å². The summed E-state index contributed by atoms with van der Waals surface area (Å²) in [6.45, 7) is 6.54. The molecule has 0 aliphatic carbocycles. The van der Waals surface area contributed by atoms with E-state index in [1.165, 1.54) is 5.56 Å². The molecule has 1 aliphatic rings. The van der Waals surface area contributed by atoms with Crippen LogP contribution in [0.2, 0.25) is 0 Å². The summed E-state index contributed by atoms with van der Waals surface area (Å²) in [5.74, 6) is 0. The number of likely N-dealkylation sites (N-methyl/N-ethyl adjacent to an activating group) is 1. The lowest BCUT2D eigenvalue weighted by Crippen LogP contribution is -2.47. The van der Waals surface area contributed by atoms with Gasteiger partial charge in [0.25, 0.3) is 0 Å². The average Bonchev–Trinajstić information content (AvgIpc) is 2.40. The molecular weight excluding hydrogens is 238 g/mol. The van der Waals surface area contributed by atoms with Crippen molar-refractivity contribution in [3.05, 3.63) is 35.9 Å². The number of nitrogens with one attached hydrogen (secondary N) is 1. The summed E-state index contributed by atoms with van der Waals surface area (Å²) in [4.78, 5) is 4.51. The van der Waals surface area contributed by atoms with Gasteiger partial charge in [-0.2, -0.15) is 0 Å². The molecule has 0 radical (unpaired) electrons. The molecule has 1 atom stereocenters. The van der Waals surface area contributed by atoms with Gasteiger partial charge in [-0.1, -0.05) is 30.3 Å². The summed E-state index contributed by atoms with van der Waals surface area (Å²) < 4.78 is 0. The maximum atomic E-state index is 10.1. The summed E-state index contributed by atoms with van der Waals surface area (Å²) in [6, 6.07) is 10.4. The molecular formula is C15H25N3O. The maximum absolute atomic E-state index is 10.1. The molecule has 0 spiro atoms. The van der Waals surface area contributed by atoms with Gasteiger partial charge in [0, 0.05) is 45.8 Å². The fraction of sp³-hybridized carbons (Fsp3) is 0.600. The SMILES string of the molecule is CN(Cc1ccccc1)CC(O)CN1CCNCC1. The Morgan fingerprint density at radius 1 is 1.26 bits per heavy atom. The number of hydrogen-bond donors (Lipinski definition) is 2. The van der Waals surface area contributed by atoms with Crippen LogP contribution >= 0.6 is 0 Å². The number of benzene rings is 1. The number of β-amino-alcohol motifs (C(OH)–C–C–N with tert-alkyl or cyclic N) is 1. The third-order valence-electron chi connectivity index (χ3n) is 3.50. The number of piperazine rings is 1. The number of rotatable bonds is 6. The molecule has 1 heterocycles. The Morgan fingerprint density at radius 3 is 2.63 bits per heavy atom.